The van der Waals surface area contributed by atoms with Crippen LogP contribution in [-0.2, 0) is 0 Å². The summed E-state index contributed by atoms with van der Waals surface area (Å²) in [6, 6.07) is 64.6. The molecule has 8 aromatic carbocycles. The van der Waals surface area contributed by atoms with E-state index < -0.39 is 0 Å². The first-order chi connectivity index (χ1) is 27.7. The van der Waals surface area contributed by atoms with E-state index in [1.54, 1.807) is 0 Å². The second-order valence-electron chi connectivity index (χ2n) is 14.0. The Kier molecular flexibility index (Phi) is 7.42. The van der Waals surface area contributed by atoms with Gasteiger partial charge in [-0.15, -0.1) is 0 Å². The van der Waals surface area contributed by atoms with Gasteiger partial charge in [-0.3, -0.25) is 0 Å². The number of hydrogen-bond acceptors (Lipinski definition) is 5. The highest BCUT2D eigenvalue weighted by molar-refractivity contribution is 6.13. The predicted molar refractivity (Wildman–Crippen MR) is 227 cm³/mol. The van der Waals surface area contributed by atoms with E-state index in [0.717, 1.165) is 93.9 Å². The van der Waals surface area contributed by atoms with Crippen molar-refractivity contribution in [2.45, 2.75) is 0 Å². The zero-order valence-electron chi connectivity index (χ0n) is 30.1. The van der Waals surface area contributed by atoms with Crippen LogP contribution in [0.2, 0.25) is 0 Å². The van der Waals surface area contributed by atoms with Gasteiger partial charge in [-0.2, -0.15) is 0 Å². The van der Waals surface area contributed by atoms with Crippen LogP contribution in [0.15, 0.2) is 197 Å². The quantitative estimate of drug-likeness (QED) is 0.171. The molecule has 11 aromatic rings. The smallest absolute Gasteiger partial charge is 0.164 e. The molecule has 0 saturated carbocycles. The predicted octanol–water partition coefficient (Wildman–Crippen LogP) is 13.7. The van der Waals surface area contributed by atoms with E-state index in [-0.39, 0.29) is 0 Å². The Morgan fingerprint density at radius 1 is 0.268 bits per heavy atom. The molecule has 0 fully saturated rings. The first kappa shape index (κ1) is 31.9. The van der Waals surface area contributed by atoms with Gasteiger partial charge in [-0.05, 0) is 70.3 Å². The molecule has 0 unspecified atom stereocenters. The van der Waals surface area contributed by atoms with Crippen molar-refractivity contribution in [2.75, 3.05) is 0 Å². The maximum atomic E-state index is 6.65. The average molecular weight is 718 g/mol. The van der Waals surface area contributed by atoms with Gasteiger partial charge in [0, 0.05) is 43.8 Å². The van der Waals surface area contributed by atoms with E-state index in [1.807, 2.05) is 60.7 Å². The number of para-hydroxylation sites is 1. The maximum absolute atomic E-state index is 6.65. The number of rotatable bonds is 6. The molecular weight excluding hydrogens is 687 g/mol. The van der Waals surface area contributed by atoms with Crippen LogP contribution < -0.4 is 0 Å². The molecule has 0 atom stereocenters. The molecule has 3 aromatic heterocycles. The van der Waals surface area contributed by atoms with Crippen LogP contribution in [0.3, 0.4) is 0 Å². The Hall–Kier alpha value is -7.63. The van der Waals surface area contributed by atoms with Crippen molar-refractivity contribution in [3.05, 3.63) is 188 Å². The lowest BCUT2D eigenvalue weighted by Crippen LogP contribution is -2.00. The lowest BCUT2D eigenvalue weighted by atomic mass is 9.95. The van der Waals surface area contributed by atoms with Gasteiger partial charge in [0.1, 0.15) is 22.3 Å². The molecule has 5 heteroatoms. The molecule has 3 heterocycles. The summed E-state index contributed by atoms with van der Waals surface area (Å²) in [7, 11) is 0. The van der Waals surface area contributed by atoms with Crippen molar-refractivity contribution >= 4 is 43.9 Å². The zero-order valence-corrected chi connectivity index (χ0v) is 30.1. The van der Waals surface area contributed by atoms with Crippen LogP contribution in [0, 0.1) is 0 Å². The molecule has 0 radical (unpaired) electrons. The average Bonchev–Trinajstić information content (AvgIpc) is 3.84. The number of hydrogen-bond donors (Lipinski definition) is 0. The first-order valence-electron chi connectivity index (χ1n) is 18.7. The van der Waals surface area contributed by atoms with Crippen LogP contribution >= 0.6 is 0 Å². The first-order valence-corrected chi connectivity index (χ1v) is 18.7. The lowest BCUT2D eigenvalue weighted by molar-refractivity contribution is 0.668. The van der Waals surface area contributed by atoms with Crippen molar-refractivity contribution in [3.8, 4) is 67.5 Å². The molecule has 0 N–H and O–H groups in total. The third-order valence-electron chi connectivity index (χ3n) is 10.5. The van der Waals surface area contributed by atoms with Crippen LogP contribution in [0.5, 0.6) is 0 Å². The summed E-state index contributed by atoms with van der Waals surface area (Å²) in [5, 5.41) is 4.25. The third kappa shape index (κ3) is 5.53. The highest BCUT2D eigenvalue weighted by Crippen LogP contribution is 2.41. The number of nitrogens with zero attached hydrogens (tertiary/aromatic N) is 3. The summed E-state index contributed by atoms with van der Waals surface area (Å²) < 4.78 is 13.2. The van der Waals surface area contributed by atoms with Crippen molar-refractivity contribution in [2.24, 2.45) is 0 Å². The summed E-state index contributed by atoms with van der Waals surface area (Å²) in [4.78, 5) is 15.0. The molecule has 0 amide bonds. The molecule has 0 aliphatic carbocycles. The second kappa shape index (κ2) is 13.0. The topological polar surface area (TPSA) is 65.0 Å². The molecule has 0 bridgehead atoms. The minimum absolute atomic E-state index is 0.578. The normalized spacial score (nSPS) is 11.6. The molecule has 11 rings (SSSR count). The fourth-order valence-electron chi connectivity index (χ4n) is 7.72. The van der Waals surface area contributed by atoms with Crippen molar-refractivity contribution in [3.63, 3.8) is 0 Å². The Balaban J connectivity index is 1.02. The SMILES string of the molecule is c1ccc(-c2ccc(-c3nc(-c4ccccc4)nc(-c4ccc5c(c4)oc4cc(-c6cc(-c7ccccc7)cc7c6oc6ccccc67)ccc45)n3)cc2)cc1. The second-order valence-corrected chi connectivity index (χ2v) is 14.0. The third-order valence-corrected chi connectivity index (χ3v) is 10.5. The summed E-state index contributed by atoms with van der Waals surface area (Å²) in [5.41, 5.74) is 12.6. The molecule has 262 valence electrons. The van der Waals surface area contributed by atoms with Crippen molar-refractivity contribution < 1.29 is 8.83 Å². The van der Waals surface area contributed by atoms with Crippen molar-refractivity contribution in [1.29, 1.82) is 0 Å². The summed E-state index contributed by atoms with van der Waals surface area (Å²) in [5.74, 6) is 1.80. The van der Waals surface area contributed by atoms with Gasteiger partial charge in [-0.25, -0.2) is 15.0 Å². The van der Waals surface area contributed by atoms with Gasteiger partial charge in [-0.1, -0.05) is 146 Å². The Labute approximate surface area is 322 Å². The summed E-state index contributed by atoms with van der Waals surface area (Å²) >= 11 is 0. The van der Waals surface area contributed by atoms with Crippen molar-refractivity contribution in [1.82, 2.24) is 15.0 Å². The zero-order chi connectivity index (χ0) is 37.0. The summed E-state index contributed by atoms with van der Waals surface area (Å²) in [6.07, 6.45) is 0. The van der Waals surface area contributed by atoms with Gasteiger partial charge in [0.15, 0.2) is 17.5 Å². The fraction of sp³-hybridized carbons (Fsp3) is 0. The molecular formula is C51H31N3O2. The van der Waals surface area contributed by atoms with Gasteiger partial charge >= 0.3 is 0 Å². The van der Waals surface area contributed by atoms with E-state index in [2.05, 4.69) is 127 Å². The van der Waals surface area contributed by atoms with Gasteiger partial charge < -0.3 is 8.83 Å². The summed E-state index contributed by atoms with van der Waals surface area (Å²) in [6.45, 7) is 0. The van der Waals surface area contributed by atoms with E-state index in [1.165, 1.54) is 0 Å². The van der Waals surface area contributed by atoms with Crippen LogP contribution in [0.25, 0.3) is 111 Å². The van der Waals surface area contributed by atoms with Crippen LogP contribution in [0.1, 0.15) is 0 Å². The molecule has 0 aliphatic heterocycles. The number of aromatic nitrogens is 3. The number of benzene rings is 8. The van der Waals surface area contributed by atoms with E-state index in [9.17, 15) is 0 Å². The molecule has 5 nitrogen and oxygen atoms in total. The Morgan fingerprint density at radius 3 is 1.38 bits per heavy atom. The molecule has 0 spiro atoms. The minimum Gasteiger partial charge on any atom is -0.456 e. The van der Waals surface area contributed by atoms with Gasteiger partial charge in [0.25, 0.3) is 0 Å². The highest BCUT2D eigenvalue weighted by Gasteiger charge is 2.18. The van der Waals surface area contributed by atoms with Gasteiger partial charge in [0.2, 0.25) is 0 Å². The highest BCUT2D eigenvalue weighted by atomic mass is 16.3. The van der Waals surface area contributed by atoms with Crippen LogP contribution in [-0.4, -0.2) is 15.0 Å². The van der Waals surface area contributed by atoms with E-state index in [4.69, 9.17) is 23.8 Å². The largest absolute Gasteiger partial charge is 0.456 e. The maximum Gasteiger partial charge on any atom is 0.164 e. The van der Waals surface area contributed by atoms with E-state index in [0.29, 0.717) is 17.5 Å². The van der Waals surface area contributed by atoms with E-state index >= 15 is 0 Å². The van der Waals surface area contributed by atoms with Crippen LogP contribution in [0.4, 0.5) is 0 Å². The Bertz CT molecular complexity index is 3220. The Morgan fingerprint density at radius 2 is 0.714 bits per heavy atom. The fourth-order valence-corrected chi connectivity index (χ4v) is 7.72. The molecule has 0 aliphatic rings. The lowest BCUT2D eigenvalue weighted by Gasteiger charge is -2.09. The number of furan rings is 2. The van der Waals surface area contributed by atoms with Gasteiger partial charge in [0.05, 0.1) is 0 Å². The standard InChI is InChI=1S/C51H31N3O2/c1-4-12-32(13-5-1)34-20-22-36(23-21-34)50-52-49(35-16-8-3-9-17-35)53-51(54-50)38-25-27-42-41-26-24-37(30-46(41)55-47(42)31-38)43-28-39(33-14-6-2-7-15-33)29-44-40-18-10-11-19-45(40)56-48(43)44/h1-31H. The number of fused-ring (bicyclic) bond motifs is 6. The molecule has 56 heavy (non-hydrogen) atoms. The molecule has 0 saturated heterocycles. The monoisotopic (exact) mass is 717 g/mol. The minimum atomic E-state index is 0.578.